The number of carbonyl (C=O) groups excluding carboxylic acids is 2. The van der Waals surface area contributed by atoms with Crippen molar-refractivity contribution in [2.45, 2.75) is 26.7 Å². The number of nitrogens with one attached hydrogen (secondary N) is 2. The van der Waals surface area contributed by atoms with Gasteiger partial charge in [0, 0.05) is 12.5 Å². The number of benzene rings is 1. The van der Waals surface area contributed by atoms with Gasteiger partial charge in [0.25, 0.3) is 0 Å². The van der Waals surface area contributed by atoms with E-state index < -0.39 is 11.9 Å². The molecule has 30 heavy (non-hydrogen) atoms. The molecule has 0 unspecified atom stereocenters. The fourth-order valence-electron chi connectivity index (χ4n) is 2.75. The Kier molecular flexibility index (Phi) is 8.28. The van der Waals surface area contributed by atoms with Crippen molar-refractivity contribution in [3.05, 3.63) is 35.3 Å². The van der Waals surface area contributed by atoms with E-state index in [-0.39, 0.29) is 18.1 Å². The highest BCUT2D eigenvalue weighted by Gasteiger charge is 2.19. The lowest BCUT2D eigenvalue weighted by molar-refractivity contribution is -0.111. The molecular formula is C21H27N3O6. The summed E-state index contributed by atoms with van der Waals surface area (Å²) in [5, 5.41) is 2.62. The lowest BCUT2D eigenvalue weighted by Crippen LogP contribution is -2.13. The van der Waals surface area contributed by atoms with E-state index in [1.54, 1.807) is 25.1 Å². The highest BCUT2D eigenvalue weighted by atomic mass is 16.5. The lowest BCUT2D eigenvalue weighted by atomic mass is 10.1. The van der Waals surface area contributed by atoms with Crippen LogP contribution in [0.3, 0.4) is 0 Å². The largest absolute Gasteiger partial charge is 0.493 e. The van der Waals surface area contributed by atoms with Crippen LogP contribution in [-0.4, -0.2) is 49.8 Å². The summed E-state index contributed by atoms with van der Waals surface area (Å²) in [6.07, 6.45) is 4.39. The zero-order valence-corrected chi connectivity index (χ0v) is 17.8. The van der Waals surface area contributed by atoms with E-state index in [4.69, 9.17) is 18.9 Å². The maximum Gasteiger partial charge on any atom is 0.358 e. The number of ether oxygens (including phenoxy) is 4. The van der Waals surface area contributed by atoms with Crippen LogP contribution in [0.4, 0.5) is 5.82 Å². The molecule has 9 heteroatoms. The third-order valence-electron chi connectivity index (χ3n) is 4.08. The number of imidazole rings is 1. The molecule has 0 spiro atoms. The second-order valence-corrected chi connectivity index (χ2v) is 6.16. The van der Waals surface area contributed by atoms with Crippen LogP contribution in [-0.2, 0) is 16.0 Å². The first kappa shape index (κ1) is 22.8. The smallest absolute Gasteiger partial charge is 0.358 e. The Morgan fingerprint density at radius 3 is 2.30 bits per heavy atom. The quantitative estimate of drug-likeness (QED) is 0.451. The number of hydrogen-bond acceptors (Lipinski definition) is 7. The molecule has 1 heterocycles. The number of esters is 1. The van der Waals surface area contributed by atoms with Crippen LogP contribution >= 0.6 is 0 Å². The minimum Gasteiger partial charge on any atom is -0.493 e. The normalized spacial score (nSPS) is 10.7. The fraction of sp³-hybridized carbons (Fsp3) is 0.381. The second kappa shape index (κ2) is 10.9. The summed E-state index contributed by atoms with van der Waals surface area (Å²) < 4.78 is 20.9. The van der Waals surface area contributed by atoms with E-state index in [9.17, 15) is 9.59 Å². The van der Waals surface area contributed by atoms with Crippen molar-refractivity contribution in [2.24, 2.45) is 0 Å². The van der Waals surface area contributed by atoms with Crippen LogP contribution in [0.15, 0.2) is 18.2 Å². The van der Waals surface area contributed by atoms with Crippen molar-refractivity contribution in [3.63, 3.8) is 0 Å². The predicted octanol–water partition coefficient (Wildman–Crippen LogP) is 3.22. The first-order valence-electron chi connectivity index (χ1n) is 9.52. The SMILES string of the molecule is CCCc1nc(NC(=O)/C=C/c2cc(OC)c(OC)c(OC)c2)c(C(=O)OCC)[nH]1. The minimum absolute atomic E-state index is 0.120. The minimum atomic E-state index is -0.573. The van der Waals surface area contributed by atoms with E-state index in [0.717, 1.165) is 6.42 Å². The van der Waals surface area contributed by atoms with Crippen molar-refractivity contribution < 1.29 is 28.5 Å². The lowest BCUT2D eigenvalue weighted by Gasteiger charge is -2.12. The number of rotatable bonds is 10. The number of aromatic amines is 1. The molecule has 1 amide bonds. The van der Waals surface area contributed by atoms with Gasteiger partial charge in [-0.25, -0.2) is 9.78 Å². The molecule has 0 atom stereocenters. The molecule has 162 valence electrons. The summed E-state index contributed by atoms with van der Waals surface area (Å²) in [6.45, 7) is 3.92. The number of nitrogens with zero attached hydrogens (tertiary/aromatic N) is 1. The number of aromatic nitrogens is 2. The third kappa shape index (κ3) is 5.53. The standard InChI is InChI=1S/C21H27N3O6/c1-6-8-16-22-18(21(26)30-7-2)20(23-16)24-17(25)10-9-13-11-14(27-3)19(29-5)15(12-13)28-4/h9-12H,6-8H2,1-5H3,(H,22,23)(H,24,25)/b10-9+. The molecule has 2 aromatic rings. The molecule has 0 saturated heterocycles. The van der Waals surface area contributed by atoms with Gasteiger partial charge in [-0.2, -0.15) is 0 Å². The monoisotopic (exact) mass is 417 g/mol. The second-order valence-electron chi connectivity index (χ2n) is 6.16. The number of carbonyl (C=O) groups is 2. The molecule has 0 aliphatic rings. The molecule has 0 aliphatic heterocycles. The molecule has 1 aromatic carbocycles. The summed E-state index contributed by atoms with van der Waals surface area (Å²) in [5.41, 5.74) is 0.786. The van der Waals surface area contributed by atoms with Crippen LogP contribution in [0.25, 0.3) is 6.08 Å². The first-order valence-corrected chi connectivity index (χ1v) is 9.52. The van der Waals surface area contributed by atoms with Gasteiger partial charge in [0.15, 0.2) is 23.0 Å². The van der Waals surface area contributed by atoms with Crippen molar-refractivity contribution >= 4 is 23.8 Å². The Morgan fingerprint density at radius 2 is 1.77 bits per heavy atom. The van der Waals surface area contributed by atoms with Gasteiger partial charge in [0.1, 0.15) is 5.82 Å². The number of H-pyrrole nitrogens is 1. The molecule has 9 nitrogen and oxygen atoms in total. The average Bonchev–Trinajstić information content (AvgIpc) is 3.14. The number of hydrogen-bond donors (Lipinski definition) is 2. The molecule has 0 aliphatic carbocycles. The van der Waals surface area contributed by atoms with E-state index in [0.29, 0.717) is 35.1 Å². The van der Waals surface area contributed by atoms with Crippen LogP contribution in [0, 0.1) is 0 Å². The number of methoxy groups -OCH3 is 3. The Bertz CT molecular complexity index is 894. The van der Waals surface area contributed by atoms with Crippen molar-refractivity contribution in [1.82, 2.24) is 9.97 Å². The van der Waals surface area contributed by atoms with Gasteiger partial charge in [-0.1, -0.05) is 6.92 Å². The fourth-order valence-corrected chi connectivity index (χ4v) is 2.75. The van der Waals surface area contributed by atoms with Gasteiger partial charge >= 0.3 is 5.97 Å². The molecular weight excluding hydrogens is 390 g/mol. The van der Waals surface area contributed by atoms with Crippen molar-refractivity contribution in [2.75, 3.05) is 33.3 Å². The van der Waals surface area contributed by atoms with Gasteiger partial charge in [0.05, 0.1) is 27.9 Å². The molecule has 0 fully saturated rings. The van der Waals surface area contributed by atoms with E-state index in [1.807, 2.05) is 6.92 Å². The van der Waals surface area contributed by atoms with E-state index >= 15 is 0 Å². The summed E-state index contributed by atoms with van der Waals surface area (Å²) in [4.78, 5) is 31.8. The first-order chi connectivity index (χ1) is 14.5. The highest BCUT2D eigenvalue weighted by Crippen LogP contribution is 2.38. The number of anilines is 1. The Morgan fingerprint density at radius 1 is 1.10 bits per heavy atom. The Hall–Kier alpha value is -3.49. The molecule has 2 rings (SSSR count). The predicted molar refractivity (Wildman–Crippen MR) is 112 cm³/mol. The zero-order chi connectivity index (χ0) is 22.1. The van der Waals surface area contributed by atoms with Crippen molar-refractivity contribution in [3.8, 4) is 17.2 Å². The van der Waals surface area contributed by atoms with E-state index in [1.165, 1.54) is 27.4 Å². The molecule has 2 N–H and O–H groups in total. The van der Waals surface area contributed by atoms with Gasteiger partial charge in [0.2, 0.25) is 11.7 Å². The van der Waals surface area contributed by atoms with Gasteiger partial charge in [-0.3, -0.25) is 4.79 Å². The van der Waals surface area contributed by atoms with Gasteiger partial charge in [-0.05, 0) is 37.1 Å². The highest BCUT2D eigenvalue weighted by molar-refractivity contribution is 6.05. The summed E-state index contributed by atoms with van der Waals surface area (Å²) in [5.74, 6) is 1.11. The maximum atomic E-state index is 12.4. The van der Waals surface area contributed by atoms with Gasteiger partial charge < -0.3 is 29.2 Å². The molecule has 0 bridgehead atoms. The third-order valence-corrected chi connectivity index (χ3v) is 4.08. The topological polar surface area (TPSA) is 112 Å². The molecule has 0 saturated carbocycles. The van der Waals surface area contributed by atoms with Crippen LogP contribution < -0.4 is 19.5 Å². The number of amides is 1. The van der Waals surface area contributed by atoms with Gasteiger partial charge in [-0.15, -0.1) is 0 Å². The average molecular weight is 417 g/mol. The maximum absolute atomic E-state index is 12.4. The van der Waals surface area contributed by atoms with Crippen LogP contribution in [0.1, 0.15) is 42.1 Å². The summed E-state index contributed by atoms with van der Waals surface area (Å²) in [6, 6.07) is 3.42. The molecule has 0 radical (unpaired) electrons. The Labute approximate surface area is 175 Å². The molecule has 1 aromatic heterocycles. The van der Waals surface area contributed by atoms with E-state index in [2.05, 4.69) is 15.3 Å². The number of aryl methyl sites for hydroxylation is 1. The van der Waals surface area contributed by atoms with Crippen LogP contribution in [0.2, 0.25) is 0 Å². The zero-order valence-electron chi connectivity index (χ0n) is 17.8. The van der Waals surface area contributed by atoms with Crippen LogP contribution in [0.5, 0.6) is 17.2 Å². The Balaban J connectivity index is 2.23. The summed E-state index contributed by atoms with van der Waals surface area (Å²) >= 11 is 0. The summed E-state index contributed by atoms with van der Waals surface area (Å²) in [7, 11) is 4.54. The van der Waals surface area contributed by atoms with Crippen molar-refractivity contribution in [1.29, 1.82) is 0 Å².